The van der Waals surface area contributed by atoms with E-state index in [1.165, 1.54) is 24.1 Å². The third kappa shape index (κ3) is 7.00. The minimum absolute atomic E-state index is 0.0327. The number of rotatable bonds is 9. The third-order valence-electron chi connectivity index (χ3n) is 6.60. The summed E-state index contributed by atoms with van der Waals surface area (Å²) in [4.78, 5) is 28.1. The number of carbonyl (C=O) groups is 2. The Labute approximate surface area is 223 Å². The number of likely N-dealkylation sites (N-methyl/N-ethyl adjacent to an activating group) is 1. The number of sulfonamides is 1. The van der Waals surface area contributed by atoms with E-state index >= 15 is 0 Å². The summed E-state index contributed by atoms with van der Waals surface area (Å²) in [5.41, 5.74) is 1.42. The van der Waals surface area contributed by atoms with Gasteiger partial charge < -0.3 is 10.2 Å². The standard InChI is InChI=1S/C26H33Cl2N3O4S/c1-18-12-14-21(15-13-18)36(34,35)30(3)17-25(32)31(16-22-23(27)10-7-11-24(22)28)19(2)26(33)29-20-8-5-4-6-9-20/h7,10-15,19-20H,4-6,8-9,16-17H2,1-3H3,(H,29,33)/t19-/m1/s1. The normalized spacial score (nSPS) is 15.5. The smallest absolute Gasteiger partial charge is 0.243 e. The van der Waals surface area contributed by atoms with Gasteiger partial charge in [0.1, 0.15) is 6.04 Å². The Balaban J connectivity index is 1.83. The summed E-state index contributed by atoms with van der Waals surface area (Å²) >= 11 is 12.7. The van der Waals surface area contributed by atoms with Gasteiger partial charge in [-0.1, -0.05) is 66.2 Å². The summed E-state index contributed by atoms with van der Waals surface area (Å²) in [5.74, 6) is -0.821. The van der Waals surface area contributed by atoms with Crippen molar-refractivity contribution in [3.05, 3.63) is 63.6 Å². The quantitative estimate of drug-likeness (QED) is 0.483. The molecule has 2 amide bonds. The first kappa shape index (κ1) is 28.4. The van der Waals surface area contributed by atoms with Crippen molar-refractivity contribution < 1.29 is 18.0 Å². The van der Waals surface area contributed by atoms with Crippen molar-refractivity contribution >= 4 is 45.0 Å². The molecule has 1 aliphatic rings. The molecule has 0 bridgehead atoms. The number of amides is 2. The summed E-state index contributed by atoms with van der Waals surface area (Å²) in [6, 6.07) is 10.6. The Morgan fingerprint density at radius 2 is 1.61 bits per heavy atom. The number of aryl methyl sites for hydroxylation is 1. The molecule has 196 valence electrons. The molecule has 7 nitrogen and oxygen atoms in total. The van der Waals surface area contributed by atoms with Gasteiger partial charge in [0.15, 0.2) is 0 Å². The van der Waals surface area contributed by atoms with Gasteiger partial charge in [0, 0.05) is 35.2 Å². The Kier molecular flexibility index (Phi) is 9.80. The molecule has 1 atom stereocenters. The molecule has 0 unspecified atom stereocenters. The lowest BCUT2D eigenvalue weighted by Gasteiger charge is -2.32. The van der Waals surface area contributed by atoms with Crippen molar-refractivity contribution in [3.8, 4) is 0 Å². The SMILES string of the molecule is Cc1ccc(S(=O)(=O)N(C)CC(=O)N(Cc2c(Cl)cccc2Cl)[C@H](C)C(=O)NC2CCCCC2)cc1. The molecular formula is C26H33Cl2N3O4S. The molecule has 3 rings (SSSR count). The van der Waals surface area contributed by atoms with Crippen LogP contribution in [0.3, 0.4) is 0 Å². The van der Waals surface area contributed by atoms with Gasteiger partial charge in [0.05, 0.1) is 11.4 Å². The van der Waals surface area contributed by atoms with Gasteiger partial charge in [0.2, 0.25) is 21.8 Å². The molecule has 0 radical (unpaired) electrons. The van der Waals surface area contributed by atoms with E-state index in [2.05, 4.69) is 5.32 Å². The number of nitrogens with one attached hydrogen (secondary N) is 1. The zero-order valence-electron chi connectivity index (χ0n) is 20.8. The fourth-order valence-electron chi connectivity index (χ4n) is 4.26. The largest absolute Gasteiger partial charge is 0.352 e. The Morgan fingerprint density at radius 1 is 1.03 bits per heavy atom. The molecule has 10 heteroatoms. The highest BCUT2D eigenvalue weighted by molar-refractivity contribution is 7.89. The lowest BCUT2D eigenvalue weighted by molar-refractivity contribution is -0.141. The van der Waals surface area contributed by atoms with E-state index in [1.807, 2.05) is 6.92 Å². The van der Waals surface area contributed by atoms with Crippen molar-refractivity contribution in [2.75, 3.05) is 13.6 Å². The van der Waals surface area contributed by atoms with Crippen LogP contribution in [0.1, 0.15) is 50.2 Å². The molecule has 0 aromatic heterocycles. The minimum atomic E-state index is -3.91. The van der Waals surface area contributed by atoms with Crippen LogP contribution in [-0.2, 0) is 26.2 Å². The summed E-state index contributed by atoms with van der Waals surface area (Å²) in [6.07, 6.45) is 5.07. The number of halogens is 2. The maximum absolute atomic E-state index is 13.5. The van der Waals surface area contributed by atoms with Crippen LogP contribution in [0, 0.1) is 6.92 Å². The first-order chi connectivity index (χ1) is 17.0. The first-order valence-corrected chi connectivity index (χ1v) is 14.3. The zero-order valence-corrected chi connectivity index (χ0v) is 23.2. The van der Waals surface area contributed by atoms with Gasteiger partial charge in [-0.15, -0.1) is 0 Å². The number of hydrogen-bond donors (Lipinski definition) is 1. The second kappa shape index (κ2) is 12.4. The van der Waals surface area contributed by atoms with Crippen LogP contribution in [-0.4, -0.2) is 55.1 Å². The second-order valence-electron chi connectivity index (χ2n) is 9.32. The van der Waals surface area contributed by atoms with Gasteiger partial charge in [-0.3, -0.25) is 9.59 Å². The molecule has 1 saturated carbocycles. The molecule has 1 fully saturated rings. The Hall–Kier alpha value is -2.13. The minimum Gasteiger partial charge on any atom is -0.352 e. The highest BCUT2D eigenvalue weighted by atomic mass is 35.5. The van der Waals surface area contributed by atoms with E-state index in [9.17, 15) is 18.0 Å². The number of hydrogen-bond acceptors (Lipinski definition) is 4. The van der Waals surface area contributed by atoms with Gasteiger partial charge in [0.25, 0.3) is 0 Å². The molecule has 0 aliphatic heterocycles. The van der Waals surface area contributed by atoms with Crippen molar-refractivity contribution in [2.24, 2.45) is 0 Å². The first-order valence-electron chi connectivity index (χ1n) is 12.1. The number of benzene rings is 2. The average Bonchev–Trinajstić information content (AvgIpc) is 2.84. The molecule has 36 heavy (non-hydrogen) atoms. The molecule has 2 aromatic rings. The summed E-state index contributed by atoms with van der Waals surface area (Å²) in [6.45, 7) is 3.02. The fourth-order valence-corrected chi connectivity index (χ4v) is 5.90. The molecule has 0 heterocycles. The van der Waals surface area contributed by atoms with Crippen LogP contribution < -0.4 is 5.32 Å². The summed E-state index contributed by atoms with van der Waals surface area (Å²) in [5, 5.41) is 3.78. The lowest BCUT2D eigenvalue weighted by Crippen LogP contribution is -2.52. The van der Waals surface area contributed by atoms with Gasteiger partial charge in [-0.2, -0.15) is 4.31 Å². The van der Waals surface area contributed by atoms with Crippen LogP contribution in [0.5, 0.6) is 0 Å². The Bertz CT molecular complexity index is 1160. The molecular weight excluding hydrogens is 521 g/mol. The zero-order chi connectivity index (χ0) is 26.5. The van der Waals surface area contributed by atoms with E-state index in [0.717, 1.165) is 42.0 Å². The van der Waals surface area contributed by atoms with Crippen LogP contribution in [0.4, 0.5) is 0 Å². The molecule has 1 aliphatic carbocycles. The highest BCUT2D eigenvalue weighted by Gasteiger charge is 2.32. The van der Waals surface area contributed by atoms with Crippen molar-refractivity contribution in [2.45, 2.75) is 69.5 Å². The van der Waals surface area contributed by atoms with E-state index in [0.29, 0.717) is 15.6 Å². The van der Waals surface area contributed by atoms with Crippen LogP contribution in [0.2, 0.25) is 10.0 Å². The third-order valence-corrected chi connectivity index (χ3v) is 9.12. The van der Waals surface area contributed by atoms with E-state index in [4.69, 9.17) is 23.2 Å². The van der Waals surface area contributed by atoms with Crippen LogP contribution >= 0.6 is 23.2 Å². The van der Waals surface area contributed by atoms with Gasteiger partial charge >= 0.3 is 0 Å². The van der Waals surface area contributed by atoms with Crippen LogP contribution in [0.15, 0.2) is 47.4 Å². The molecule has 0 saturated heterocycles. The molecule has 0 spiro atoms. The van der Waals surface area contributed by atoms with Crippen molar-refractivity contribution in [1.82, 2.24) is 14.5 Å². The number of nitrogens with zero attached hydrogens (tertiary/aromatic N) is 2. The summed E-state index contributed by atoms with van der Waals surface area (Å²) < 4.78 is 27.1. The number of carbonyl (C=O) groups excluding carboxylic acids is 2. The highest BCUT2D eigenvalue weighted by Crippen LogP contribution is 2.27. The topological polar surface area (TPSA) is 86.8 Å². The average molecular weight is 555 g/mol. The molecule has 1 N–H and O–H groups in total. The Morgan fingerprint density at radius 3 is 2.19 bits per heavy atom. The van der Waals surface area contributed by atoms with Gasteiger partial charge in [-0.05, 0) is 51.0 Å². The van der Waals surface area contributed by atoms with Crippen molar-refractivity contribution in [3.63, 3.8) is 0 Å². The maximum Gasteiger partial charge on any atom is 0.243 e. The summed E-state index contributed by atoms with van der Waals surface area (Å²) in [7, 11) is -2.56. The second-order valence-corrected chi connectivity index (χ2v) is 12.2. The maximum atomic E-state index is 13.5. The monoisotopic (exact) mass is 553 g/mol. The van der Waals surface area contributed by atoms with Gasteiger partial charge in [-0.25, -0.2) is 8.42 Å². The predicted molar refractivity (Wildman–Crippen MR) is 142 cm³/mol. The van der Waals surface area contributed by atoms with Crippen molar-refractivity contribution in [1.29, 1.82) is 0 Å². The molecule has 2 aromatic carbocycles. The predicted octanol–water partition coefficient (Wildman–Crippen LogP) is 4.79. The van der Waals surface area contributed by atoms with E-state index in [1.54, 1.807) is 37.3 Å². The van der Waals surface area contributed by atoms with E-state index < -0.39 is 28.5 Å². The lowest BCUT2D eigenvalue weighted by atomic mass is 9.95. The van der Waals surface area contributed by atoms with E-state index in [-0.39, 0.29) is 23.4 Å². The fraction of sp³-hybridized carbons (Fsp3) is 0.462. The van der Waals surface area contributed by atoms with Crippen LogP contribution in [0.25, 0.3) is 0 Å².